The van der Waals surface area contributed by atoms with Crippen LogP contribution in [0, 0.1) is 0 Å². The molecule has 6 aliphatic heterocycles. The van der Waals surface area contributed by atoms with Gasteiger partial charge >= 0.3 is 107 Å². The number of nitrogens with zero attached hydrogens (tertiary/aromatic N) is 1. The average molecular weight is 325 g/mol. The average Bonchev–Trinajstić information content (AvgIpc) is 3.07. The van der Waals surface area contributed by atoms with Gasteiger partial charge in [-0.2, -0.15) is 0 Å². The number of hydrogen-bond donors (Lipinski definition) is 1. The van der Waals surface area contributed by atoms with Crippen LogP contribution in [0.1, 0.15) is 25.7 Å². The van der Waals surface area contributed by atoms with Crippen molar-refractivity contribution in [2.75, 3.05) is 19.6 Å². The van der Waals surface area contributed by atoms with Crippen LogP contribution in [0.3, 0.4) is 0 Å². The zero-order valence-corrected chi connectivity index (χ0v) is 11.5. The summed E-state index contributed by atoms with van der Waals surface area (Å²) in [6, 6.07) is 0. The fourth-order valence-electron chi connectivity index (χ4n) is 3.59. The first-order valence-electron chi connectivity index (χ1n) is 6.21. The molecule has 6 heteroatoms. The van der Waals surface area contributed by atoms with E-state index in [1.807, 2.05) is 0 Å². The van der Waals surface area contributed by atoms with Crippen LogP contribution in [0.4, 0.5) is 4.79 Å². The molecule has 0 aromatic heterocycles. The van der Waals surface area contributed by atoms with Crippen LogP contribution in [0.15, 0.2) is 0 Å². The van der Waals surface area contributed by atoms with E-state index in [9.17, 15) is 9.90 Å². The van der Waals surface area contributed by atoms with E-state index in [-0.39, 0.29) is 5.54 Å². The molecule has 6 saturated heterocycles. The molecule has 100 valence electrons. The van der Waals surface area contributed by atoms with Crippen molar-refractivity contribution in [3.63, 3.8) is 0 Å². The number of hydrogen-bond acceptors (Lipinski definition) is 3. The van der Waals surface area contributed by atoms with Crippen molar-refractivity contribution < 1.29 is 33.7 Å². The van der Waals surface area contributed by atoms with Crippen molar-refractivity contribution >= 4 is 6.09 Å². The van der Waals surface area contributed by atoms with Crippen molar-refractivity contribution in [1.82, 2.24) is 10.2 Å². The predicted octanol–water partition coefficient (Wildman–Crippen LogP) is -0.0277. The Hall–Kier alpha value is 0.243. The van der Waals surface area contributed by atoms with E-state index in [1.165, 1.54) is 30.6 Å². The standard InChI is InChI=1S/C11H16N2O2.2Co/c14-10(15)13-8-11(9-13)6-4-2-1-3-5-7-12-11;;/h12H,1-3,5,7-9H2,(H,14,15);;/p-1. The molecule has 0 radical (unpaired) electrons. The second kappa shape index (κ2) is 2.58. The van der Waals surface area contributed by atoms with Gasteiger partial charge in [-0.15, -0.1) is 0 Å². The van der Waals surface area contributed by atoms with Gasteiger partial charge in [0.15, 0.2) is 0 Å². The number of likely N-dealkylation sites (tertiary alicyclic amines) is 1. The van der Waals surface area contributed by atoms with Crippen molar-refractivity contribution in [3.8, 4) is 0 Å². The Labute approximate surface area is 107 Å². The van der Waals surface area contributed by atoms with Gasteiger partial charge in [-0.3, -0.25) is 0 Å². The fraction of sp³-hybridized carbons (Fsp3) is 0.909. The zero-order chi connectivity index (χ0) is 11.5. The first-order valence-corrected chi connectivity index (χ1v) is 10.1. The molecule has 0 aromatic carbocycles. The Bertz CT molecular complexity index is 439. The van der Waals surface area contributed by atoms with E-state index in [1.54, 1.807) is 0 Å². The molecule has 0 unspecified atom stereocenters. The number of carboxylic acid groups (broad SMARTS) is 1. The quantitative estimate of drug-likeness (QED) is 0.681. The summed E-state index contributed by atoms with van der Waals surface area (Å²) in [4.78, 5) is 12.4. The molecule has 1 N–H and O–H groups in total. The van der Waals surface area contributed by atoms with Crippen LogP contribution in [0.25, 0.3) is 0 Å². The molecule has 6 heterocycles. The third-order valence-corrected chi connectivity index (χ3v) is 17.1. The summed E-state index contributed by atoms with van der Waals surface area (Å²) < 4.78 is 1.50. The first-order chi connectivity index (χ1) is 8.21. The second-order valence-electron chi connectivity index (χ2n) is 5.48. The summed E-state index contributed by atoms with van der Waals surface area (Å²) >= 11 is 0.858. The van der Waals surface area contributed by atoms with E-state index in [0.717, 1.165) is 9.83 Å². The molecule has 6 fully saturated rings. The second-order valence-corrected chi connectivity index (χ2v) is 13.6. The fourth-order valence-corrected chi connectivity index (χ4v) is 19.3. The van der Waals surface area contributed by atoms with Crippen LogP contribution in [-0.4, -0.2) is 36.2 Å². The zero-order valence-electron chi connectivity index (χ0n) is 9.38. The molecule has 4 nitrogen and oxygen atoms in total. The number of carbonyl (C=O) groups excluding carboxylic acids is 1. The van der Waals surface area contributed by atoms with E-state index in [0.29, 0.717) is 40.2 Å². The Morgan fingerprint density at radius 1 is 1.24 bits per heavy atom. The number of nitrogens with one attached hydrogen (secondary N) is 1. The van der Waals surface area contributed by atoms with Gasteiger partial charge in [0.05, 0.1) is 0 Å². The molecule has 3 spiro atoms. The van der Waals surface area contributed by atoms with E-state index in [2.05, 4.69) is 5.32 Å². The summed E-state index contributed by atoms with van der Waals surface area (Å²) in [5.41, 5.74) is 0.201. The van der Waals surface area contributed by atoms with Gasteiger partial charge in [-0.1, -0.05) is 0 Å². The van der Waals surface area contributed by atoms with Crippen LogP contribution >= 0.6 is 0 Å². The molecule has 0 atom stereocenters. The molecule has 0 saturated carbocycles. The Balaban J connectivity index is 1.43. The molecule has 6 rings (SSSR count). The first kappa shape index (κ1) is 10.1. The molecule has 0 bridgehead atoms. The normalized spacial score (nSPS) is 51.4. The van der Waals surface area contributed by atoms with Gasteiger partial charge in [-0.25, -0.2) is 0 Å². The van der Waals surface area contributed by atoms with Crippen LogP contribution in [0.2, 0.25) is 6.57 Å². The maximum absolute atomic E-state index is 10.9. The molecule has 0 aromatic rings. The van der Waals surface area contributed by atoms with Crippen molar-refractivity contribution in [2.45, 2.75) is 37.8 Å². The third kappa shape index (κ3) is 0.824. The Morgan fingerprint density at radius 3 is 2.71 bits per heavy atom. The minimum absolute atomic E-state index is 0.201. The van der Waals surface area contributed by atoms with Gasteiger partial charge in [0, 0.05) is 0 Å². The molecule has 1 amide bonds. The Morgan fingerprint density at radius 2 is 2.00 bits per heavy atom. The monoisotopic (exact) mass is 325 g/mol. The van der Waals surface area contributed by atoms with Crippen molar-refractivity contribution in [3.05, 3.63) is 0 Å². The van der Waals surface area contributed by atoms with Gasteiger partial charge in [-0.05, 0) is 0 Å². The Kier molecular flexibility index (Phi) is 1.53. The van der Waals surface area contributed by atoms with Crippen LogP contribution < -0.4 is 10.4 Å². The van der Waals surface area contributed by atoms with Gasteiger partial charge < -0.3 is 0 Å². The van der Waals surface area contributed by atoms with Crippen LogP contribution in [0.5, 0.6) is 0 Å². The summed E-state index contributed by atoms with van der Waals surface area (Å²) in [5, 5.41) is 14.6. The van der Waals surface area contributed by atoms with Crippen molar-refractivity contribution in [1.29, 1.82) is 0 Å². The number of carbonyl (C=O) groups is 1. The van der Waals surface area contributed by atoms with Crippen LogP contribution in [-0.2, 0) is 23.8 Å². The molecule has 0 aliphatic carbocycles. The summed E-state index contributed by atoms with van der Waals surface area (Å²) in [6.45, 7) is 2.52. The molecule has 6 aliphatic rings. The maximum atomic E-state index is 10.9. The van der Waals surface area contributed by atoms with Gasteiger partial charge in [0.25, 0.3) is 0 Å². The number of amides is 1. The van der Waals surface area contributed by atoms with E-state index in [4.69, 9.17) is 0 Å². The van der Waals surface area contributed by atoms with E-state index >= 15 is 0 Å². The molecular formula is C11H15Co2N2O2-. The summed E-state index contributed by atoms with van der Waals surface area (Å²) in [7, 11) is 0. The van der Waals surface area contributed by atoms with Crippen molar-refractivity contribution in [2.24, 2.45) is 0 Å². The minimum atomic E-state index is -0.976. The van der Waals surface area contributed by atoms with Gasteiger partial charge in [0.2, 0.25) is 0 Å². The predicted molar refractivity (Wildman–Crippen MR) is 51.6 cm³/mol. The number of rotatable bonds is 0. The molecular weight excluding hydrogens is 310 g/mol. The summed E-state index contributed by atoms with van der Waals surface area (Å²) in [5.74, 6) is 0. The third-order valence-electron chi connectivity index (χ3n) is 4.58. The topological polar surface area (TPSA) is 55.4 Å². The summed E-state index contributed by atoms with van der Waals surface area (Å²) in [6.07, 6.45) is 4.53. The SMILES string of the molecule is O=C([O-])N1CC2(C1)NCCCCC[C]13[Co]4[Co]1[C]423. The van der Waals surface area contributed by atoms with E-state index < -0.39 is 6.09 Å². The molecule has 17 heavy (non-hydrogen) atoms. The van der Waals surface area contributed by atoms with Gasteiger partial charge in [0.1, 0.15) is 0 Å².